The highest BCUT2D eigenvalue weighted by Crippen LogP contribution is 2.36. The van der Waals surface area contributed by atoms with Crippen molar-refractivity contribution in [1.29, 1.82) is 0 Å². The Kier molecular flexibility index (Phi) is 4.69. The highest BCUT2D eigenvalue weighted by Gasteiger charge is 2.32. The molecular weight excluding hydrogens is 278 g/mol. The maximum Gasteiger partial charge on any atom is 0.262 e. The molecule has 4 nitrogen and oxygen atoms in total. The van der Waals surface area contributed by atoms with Crippen molar-refractivity contribution in [3.05, 3.63) is 41.2 Å². The van der Waals surface area contributed by atoms with E-state index in [2.05, 4.69) is 19.2 Å². The van der Waals surface area contributed by atoms with Crippen molar-refractivity contribution in [1.82, 2.24) is 0 Å². The number of Topliss-reactive ketones (excluding diaryl/α,β-unsaturated/α-hetero) is 1. The number of aryl methyl sites for hydroxylation is 1. The second kappa shape index (κ2) is 6.34. The Morgan fingerprint density at radius 3 is 2.64 bits per heavy atom. The number of benzene rings is 1. The zero-order valence-electron chi connectivity index (χ0n) is 13.7. The van der Waals surface area contributed by atoms with Crippen LogP contribution in [0.1, 0.15) is 39.2 Å². The molecule has 0 bridgehead atoms. The van der Waals surface area contributed by atoms with Crippen LogP contribution in [0.25, 0.3) is 0 Å². The first-order valence-corrected chi connectivity index (χ1v) is 7.49. The molecular formula is C18H23NO3. The number of carbonyl (C=O) groups is 2. The van der Waals surface area contributed by atoms with Gasteiger partial charge in [-0.15, -0.1) is 0 Å². The van der Waals surface area contributed by atoms with Crippen molar-refractivity contribution < 1.29 is 14.3 Å². The zero-order chi connectivity index (χ0) is 16.3. The van der Waals surface area contributed by atoms with E-state index in [1.165, 1.54) is 0 Å². The molecule has 4 heteroatoms. The van der Waals surface area contributed by atoms with Gasteiger partial charge >= 0.3 is 0 Å². The van der Waals surface area contributed by atoms with Crippen molar-refractivity contribution >= 4 is 17.4 Å². The first kappa shape index (κ1) is 16.3. The van der Waals surface area contributed by atoms with Crippen LogP contribution < -0.4 is 5.32 Å². The molecule has 1 aliphatic carbocycles. The molecule has 1 aliphatic rings. The lowest BCUT2D eigenvalue weighted by Gasteiger charge is -2.30. The van der Waals surface area contributed by atoms with Gasteiger partial charge in [0.1, 0.15) is 0 Å². The lowest BCUT2D eigenvalue weighted by molar-refractivity contribution is -0.124. The number of nitrogens with one attached hydrogen (secondary N) is 1. The second-order valence-electron chi connectivity index (χ2n) is 6.76. The standard InChI is InChI=1S/C18H23NO3/c1-12-6-5-7-14(8-12)19-16(21)11-22-17-13(2)9-18(3,4)10-15(17)20/h5-8H,9-11H2,1-4H3,(H,19,21). The minimum absolute atomic E-state index is 0.0166. The summed E-state index contributed by atoms with van der Waals surface area (Å²) in [5.41, 5.74) is 2.69. The van der Waals surface area contributed by atoms with Crippen LogP contribution in [0.2, 0.25) is 0 Å². The number of carbonyl (C=O) groups excluding carboxylic acids is 2. The van der Waals surface area contributed by atoms with E-state index in [-0.39, 0.29) is 23.7 Å². The van der Waals surface area contributed by atoms with Crippen LogP contribution >= 0.6 is 0 Å². The molecule has 1 amide bonds. The lowest BCUT2D eigenvalue weighted by atomic mass is 9.76. The van der Waals surface area contributed by atoms with Crippen LogP contribution in [-0.4, -0.2) is 18.3 Å². The van der Waals surface area contributed by atoms with Gasteiger partial charge in [-0.2, -0.15) is 0 Å². The highest BCUT2D eigenvalue weighted by atomic mass is 16.5. The van der Waals surface area contributed by atoms with Crippen LogP contribution in [0.3, 0.4) is 0 Å². The summed E-state index contributed by atoms with van der Waals surface area (Å²) >= 11 is 0. The van der Waals surface area contributed by atoms with Gasteiger partial charge in [0, 0.05) is 12.1 Å². The first-order valence-electron chi connectivity index (χ1n) is 7.49. The van der Waals surface area contributed by atoms with E-state index in [1.807, 2.05) is 38.1 Å². The molecule has 1 N–H and O–H groups in total. The Morgan fingerprint density at radius 2 is 2.00 bits per heavy atom. The van der Waals surface area contributed by atoms with Crippen molar-refractivity contribution in [3.63, 3.8) is 0 Å². The summed E-state index contributed by atoms with van der Waals surface area (Å²) in [6, 6.07) is 7.55. The summed E-state index contributed by atoms with van der Waals surface area (Å²) in [6.07, 6.45) is 1.27. The van der Waals surface area contributed by atoms with Crippen LogP contribution in [0.15, 0.2) is 35.6 Å². The van der Waals surface area contributed by atoms with Crippen LogP contribution in [0.5, 0.6) is 0 Å². The summed E-state index contributed by atoms with van der Waals surface area (Å²) in [6.45, 7) is 7.84. The summed E-state index contributed by atoms with van der Waals surface area (Å²) in [5, 5.41) is 2.77. The third kappa shape index (κ3) is 4.20. The molecule has 0 unspecified atom stereocenters. The lowest BCUT2D eigenvalue weighted by Crippen LogP contribution is -2.28. The van der Waals surface area contributed by atoms with Gasteiger partial charge in [0.25, 0.3) is 5.91 Å². The van der Waals surface area contributed by atoms with E-state index in [0.29, 0.717) is 12.2 Å². The van der Waals surface area contributed by atoms with Gasteiger partial charge in [-0.3, -0.25) is 9.59 Å². The average Bonchev–Trinajstić information content (AvgIpc) is 2.36. The smallest absolute Gasteiger partial charge is 0.262 e. The Bertz CT molecular complexity index is 629. The van der Waals surface area contributed by atoms with Gasteiger partial charge < -0.3 is 10.1 Å². The summed E-state index contributed by atoms with van der Waals surface area (Å²) in [7, 11) is 0. The highest BCUT2D eigenvalue weighted by molar-refractivity contribution is 5.97. The largest absolute Gasteiger partial charge is 0.480 e. The molecule has 0 atom stereocenters. The molecule has 0 aromatic heterocycles. The number of ether oxygens (including phenoxy) is 1. The Labute approximate surface area is 131 Å². The van der Waals surface area contributed by atoms with Crippen molar-refractivity contribution in [3.8, 4) is 0 Å². The maximum absolute atomic E-state index is 12.1. The van der Waals surface area contributed by atoms with Gasteiger partial charge in [0.15, 0.2) is 18.1 Å². The molecule has 1 aromatic rings. The quantitative estimate of drug-likeness (QED) is 0.924. The third-order valence-electron chi connectivity index (χ3n) is 3.67. The fraction of sp³-hybridized carbons (Fsp3) is 0.444. The maximum atomic E-state index is 12.1. The monoisotopic (exact) mass is 301 g/mol. The molecule has 0 fully saturated rings. The fourth-order valence-corrected chi connectivity index (χ4v) is 2.87. The summed E-state index contributed by atoms with van der Waals surface area (Å²) in [5.74, 6) is 0.0827. The number of anilines is 1. The number of hydrogen-bond donors (Lipinski definition) is 1. The van der Waals surface area contributed by atoms with Gasteiger partial charge in [-0.25, -0.2) is 0 Å². The predicted octanol–water partition coefficient (Wildman–Crippen LogP) is 3.61. The molecule has 0 aliphatic heterocycles. The molecule has 118 valence electrons. The van der Waals surface area contributed by atoms with Gasteiger partial charge in [-0.1, -0.05) is 26.0 Å². The van der Waals surface area contributed by atoms with Crippen LogP contribution in [0, 0.1) is 12.3 Å². The molecule has 0 heterocycles. The number of ketones is 1. The van der Waals surface area contributed by atoms with E-state index < -0.39 is 0 Å². The van der Waals surface area contributed by atoms with E-state index in [0.717, 1.165) is 23.2 Å². The fourth-order valence-electron chi connectivity index (χ4n) is 2.87. The number of hydrogen-bond acceptors (Lipinski definition) is 3. The Hall–Kier alpha value is -2.10. The average molecular weight is 301 g/mol. The van der Waals surface area contributed by atoms with E-state index in [9.17, 15) is 9.59 Å². The van der Waals surface area contributed by atoms with E-state index >= 15 is 0 Å². The molecule has 0 radical (unpaired) electrons. The summed E-state index contributed by atoms with van der Waals surface area (Å²) < 4.78 is 5.48. The second-order valence-corrected chi connectivity index (χ2v) is 6.76. The van der Waals surface area contributed by atoms with Crippen molar-refractivity contribution in [2.75, 3.05) is 11.9 Å². The first-order chi connectivity index (χ1) is 10.3. The number of allylic oxidation sites excluding steroid dienone is 2. The molecule has 1 aromatic carbocycles. The van der Waals surface area contributed by atoms with Gasteiger partial charge in [0.2, 0.25) is 0 Å². The predicted molar refractivity (Wildman–Crippen MR) is 86.5 cm³/mol. The Morgan fingerprint density at radius 1 is 1.27 bits per heavy atom. The van der Waals surface area contributed by atoms with Crippen molar-refractivity contribution in [2.24, 2.45) is 5.41 Å². The topological polar surface area (TPSA) is 55.4 Å². The SMILES string of the molecule is CC1=C(OCC(=O)Nc2cccc(C)c2)C(=O)CC(C)(C)C1. The molecule has 22 heavy (non-hydrogen) atoms. The van der Waals surface area contributed by atoms with E-state index in [4.69, 9.17) is 4.74 Å². The van der Waals surface area contributed by atoms with Gasteiger partial charge in [-0.05, 0) is 49.0 Å². The summed E-state index contributed by atoms with van der Waals surface area (Å²) in [4.78, 5) is 24.1. The minimum Gasteiger partial charge on any atom is -0.480 e. The molecule has 2 rings (SSSR count). The van der Waals surface area contributed by atoms with Gasteiger partial charge in [0.05, 0.1) is 0 Å². The number of amides is 1. The molecule has 0 saturated carbocycles. The number of rotatable bonds is 4. The van der Waals surface area contributed by atoms with Crippen LogP contribution in [0.4, 0.5) is 5.69 Å². The van der Waals surface area contributed by atoms with Crippen LogP contribution in [-0.2, 0) is 14.3 Å². The molecule has 0 spiro atoms. The normalized spacial score (nSPS) is 17.4. The minimum atomic E-state index is -0.261. The van der Waals surface area contributed by atoms with E-state index in [1.54, 1.807) is 0 Å². The van der Waals surface area contributed by atoms with Crippen molar-refractivity contribution in [2.45, 2.75) is 40.5 Å². The Balaban J connectivity index is 1.95. The zero-order valence-corrected chi connectivity index (χ0v) is 13.7. The molecule has 0 saturated heterocycles. The third-order valence-corrected chi connectivity index (χ3v) is 3.67.